The molecule has 0 radical (unpaired) electrons. The van der Waals surface area contributed by atoms with Gasteiger partial charge in [-0.1, -0.05) is 293 Å². The number of allylic oxidation sites excluding steroid dienone is 10. The Morgan fingerprint density at radius 1 is 0.288 bits per heavy atom. The van der Waals surface area contributed by atoms with E-state index in [4.69, 9.17) is 14.2 Å². The van der Waals surface area contributed by atoms with Crippen molar-refractivity contribution in [3.63, 3.8) is 0 Å². The molecule has 0 aromatic heterocycles. The Balaban J connectivity index is 4.21. The Bertz CT molecular complexity index is 1310. The van der Waals surface area contributed by atoms with Gasteiger partial charge in [0.2, 0.25) is 0 Å². The van der Waals surface area contributed by atoms with Crippen LogP contribution >= 0.6 is 0 Å². The summed E-state index contributed by atoms with van der Waals surface area (Å²) in [7, 11) is 0. The Morgan fingerprint density at radius 3 is 0.890 bits per heavy atom. The number of carbonyl (C=O) groups is 3. The molecule has 0 heterocycles. The van der Waals surface area contributed by atoms with E-state index < -0.39 is 6.10 Å². The van der Waals surface area contributed by atoms with Gasteiger partial charge in [0, 0.05) is 19.3 Å². The summed E-state index contributed by atoms with van der Waals surface area (Å²) in [6, 6.07) is 0. The fourth-order valence-corrected chi connectivity index (χ4v) is 9.26. The molecule has 0 saturated carbocycles. The highest BCUT2D eigenvalue weighted by Gasteiger charge is 2.19. The fraction of sp³-hybridized carbons (Fsp3) is 0.806. The molecule has 0 saturated heterocycles. The van der Waals surface area contributed by atoms with Crippen LogP contribution in [0.15, 0.2) is 60.8 Å². The summed E-state index contributed by atoms with van der Waals surface area (Å²) in [6.07, 6.45) is 78.2. The predicted molar refractivity (Wildman–Crippen MR) is 316 cm³/mol. The van der Waals surface area contributed by atoms with Crippen molar-refractivity contribution in [1.29, 1.82) is 0 Å². The van der Waals surface area contributed by atoms with Crippen LogP contribution in [-0.2, 0) is 28.6 Å². The Hall–Kier alpha value is -2.89. The lowest BCUT2D eigenvalue weighted by atomic mass is 10.0. The zero-order valence-corrected chi connectivity index (χ0v) is 48.7. The molecule has 0 rings (SSSR count). The molecule has 73 heavy (non-hydrogen) atoms. The molecule has 0 spiro atoms. The summed E-state index contributed by atoms with van der Waals surface area (Å²) in [5, 5.41) is 0. The summed E-state index contributed by atoms with van der Waals surface area (Å²) in [4.78, 5) is 38.2. The van der Waals surface area contributed by atoms with Crippen molar-refractivity contribution in [1.82, 2.24) is 0 Å². The number of ether oxygens (including phenoxy) is 3. The van der Waals surface area contributed by atoms with Gasteiger partial charge in [-0.05, 0) is 77.0 Å². The first-order valence-corrected chi connectivity index (χ1v) is 31.8. The van der Waals surface area contributed by atoms with Crippen LogP contribution in [0, 0.1) is 0 Å². The fourth-order valence-electron chi connectivity index (χ4n) is 9.26. The van der Waals surface area contributed by atoms with E-state index in [2.05, 4.69) is 81.5 Å². The second kappa shape index (κ2) is 61.7. The zero-order valence-electron chi connectivity index (χ0n) is 48.7. The van der Waals surface area contributed by atoms with Crippen LogP contribution in [-0.4, -0.2) is 37.2 Å². The standard InChI is InChI=1S/C67H120O6/c1-4-7-10-13-16-19-22-25-27-28-29-30-31-32-33-34-35-36-37-38-40-42-45-48-51-54-57-60-66(69)72-63-64(62-71-65(68)59-56-53-50-47-44-41-24-21-18-15-12-9-6-3)73-67(70)61-58-55-52-49-46-43-39-26-23-20-17-14-11-8-5-2/h8,11-12,15,17,20-21,24,26,39,64H,4-7,9-10,13-14,16,18-19,22-23,25,27-38,40-63H2,1-3H3/b11-8-,15-12-,20-17-,24-21-,39-26-. The number of carbonyl (C=O) groups excluding carboxylic acids is 3. The SMILES string of the molecule is CC/C=C\C/C=C\C/C=C\CCCCCCCC(=O)OC(COC(=O)CCCCCCC/C=C\C/C=C\CCC)COC(=O)CCCCCCCCCCCCCCCCCCCCCCCCCCCCC. The maximum atomic E-state index is 12.9. The third-order valence-electron chi connectivity index (χ3n) is 14.0. The smallest absolute Gasteiger partial charge is 0.306 e. The van der Waals surface area contributed by atoms with E-state index in [9.17, 15) is 14.4 Å². The maximum Gasteiger partial charge on any atom is 0.306 e. The molecule has 0 aromatic carbocycles. The van der Waals surface area contributed by atoms with Gasteiger partial charge in [0.15, 0.2) is 6.10 Å². The summed E-state index contributed by atoms with van der Waals surface area (Å²) < 4.78 is 16.9. The van der Waals surface area contributed by atoms with Gasteiger partial charge in [-0.15, -0.1) is 0 Å². The van der Waals surface area contributed by atoms with E-state index >= 15 is 0 Å². The highest BCUT2D eigenvalue weighted by atomic mass is 16.6. The lowest BCUT2D eigenvalue weighted by Gasteiger charge is -2.18. The number of esters is 3. The second-order valence-corrected chi connectivity index (χ2v) is 21.3. The van der Waals surface area contributed by atoms with Crippen LogP contribution in [0.4, 0.5) is 0 Å². The van der Waals surface area contributed by atoms with Crippen LogP contribution < -0.4 is 0 Å². The third kappa shape index (κ3) is 59.9. The van der Waals surface area contributed by atoms with Crippen molar-refractivity contribution in [2.75, 3.05) is 13.2 Å². The van der Waals surface area contributed by atoms with Gasteiger partial charge < -0.3 is 14.2 Å². The van der Waals surface area contributed by atoms with Crippen LogP contribution in [0.2, 0.25) is 0 Å². The average molecular weight is 1020 g/mol. The van der Waals surface area contributed by atoms with Crippen LogP contribution in [0.3, 0.4) is 0 Å². The molecule has 0 N–H and O–H groups in total. The molecule has 6 heteroatoms. The minimum absolute atomic E-state index is 0.0833. The first kappa shape index (κ1) is 70.1. The van der Waals surface area contributed by atoms with Gasteiger partial charge in [-0.25, -0.2) is 0 Å². The molecule has 424 valence electrons. The van der Waals surface area contributed by atoms with Crippen LogP contribution in [0.5, 0.6) is 0 Å². The molecule has 6 nitrogen and oxygen atoms in total. The number of rotatable bonds is 58. The predicted octanol–water partition coefficient (Wildman–Crippen LogP) is 21.6. The van der Waals surface area contributed by atoms with Crippen LogP contribution in [0.25, 0.3) is 0 Å². The van der Waals surface area contributed by atoms with Crippen molar-refractivity contribution in [2.24, 2.45) is 0 Å². The Labute approximate surface area is 453 Å². The number of hydrogen-bond acceptors (Lipinski definition) is 6. The Morgan fingerprint density at radius 2 is 0.562 bits per heavy atom. The highest BCUT2D eigenvalue weighted by molar-refractivity contribution is 5.71. The first-order chi connectivity index (χ1) is 36.0. The summed E-state index contributed by atoms with van der Waals surface area (Å²) in [5.41, 5.74) is 0. The lowest BCUT2D eigenvalue weighted by Crippen LogP contribution is -2.30. The Kier molecular flexibility index (Phi) is 59.2. The topological polar surface area (TPSA) is 78.9 Å². The van der Waals surface area contributed by atoms with Gasteiger partial charge in [0.1, 0.15) is 13.2 Å². The van der Waals surface area contributed by atoms with Crippen molar-refractivity contribution in [3.05, 3.63) is 60.8 Å². The monoisotopic (exact) mass is 1020 g/mol. The third-order valence-corrected chi connectivity index (χ3v) is 14.0. The summed E-state index contributed by atoms with van der Waals surface area (Å²) >= 11 is 0. The van der Waals surface area contributed by atoms with E-state index in [1.807, 2.05) is 0 Å². The minimum atomic E-state index is -0.788. The molecular formula is C67H120O6. The highest BCUT2D eigenvalue weighted by Crippen LogP contribution is 2.18. The maximum absolute atomic E-state index is 12.9. The van der Waals surface area contributed by atoms with Gasteiger partial charge in [0.25, 0.3) is 0 Å². The quantitative estimate of drug-likeness (QED) is 0.0261. The van der Waals surface area contributed by atoms with Gasteiger partial charge in [0.05, 0.1) is 0 Å². The lowest BCUT2D eigenvalue weighted by molar-refractivity contribution is -0.167. The summed E-state index contributed by atoms with van der Waals surface area (Å²) in [6.45, 7) is 6.48. The molecule has 0 aromatic rings. The number of unbranched alkanes of at least 4 members (excludes halogenated alkanes) is 37. The largest absolute Gasteiger partial charge is 0.462 e. The molecule has 0 aliphatic rings. The molecule has 1 unspecified atom stereocenters. The normalized spacial score (nSPS) is 12.4. The summed E-state index contributed by atoms with van der Waals surface area (Å²) in [5.74, 6) is -0.901. The van der Waals surface area contributed by atoms with Gasteiger partial charge >= 0.3 is 17.9 Å². The zero-order chi connectivity index (χ0) is 52.9. The van der Waals surface area contributed by atoms with Gasteiger partial charge in [-0.2, -0.15) is 0 Å². The average Bonchev–Trinajstić information content (AvgIpc) is 3.39. The van der Waals surface area contributed by atoms with Crippen molar-refractivity contribution < 1.29 is 28.6 Å². The van der Waals surface area contributed by atoms with E-state index in [0.29, 0.717) is 19.3 Å². The molecule has 0 aliphatic carbocycles. The molecule has 0 fully saturated rings. The van der Waals surface area contributed by atoms with Crippen molar-refractivity contribution >= 4 is 17.9 Å². The molecule has 1 atom stereocenters. The van der Waals surface area contributed by atoms with Gasteiger partial charge in [-0.3, -0.25) is 14.4 Å². The number of hydrogen-bond donors (Lipinski definition) is 0. The molecule has 0 aliphatic heterocycles. The second-order valence-electron chi connectivity index (χ2n) is 21.3. The molecular weight excluding hydrogens is 901 g/mol. The van der Waals surface area contributed by atoms with E-state index in [-0.39, 0.29) is 31.1 Å². The van der Waals surface area contributed by atoms with E-state index in [0.717, 1.165) is 122 Å². The van der Waals surface area contributed by atoms with Crippen LogP contribution in [0.1, 0.15) is 329 Å². The molecule has 0 bridgehead atoms. The first-order valence-electron chi connectivity index (χ1n) is 31.8. The van der Waals surface area contributed by atoms with Crippen molar-refractivity contribution in [2.45, 2.75) is 335 Å². The van der Waals surface area contributed by atoms with Crippen molar-refractivity contribution in [3.8, 4) is 0 Å². The van der Waals surface area contributed by atoms with E-state index in [1.165, 1.54) is 167 Å². The van der Waals surface area contributed by atoms with E-state index in [1.54, 1.807) is 0 Å². The minimum Gasteiger partial charge on any atom is -0.462 e. The molecule has 0 amide bonds.